The van der Waals surface area contributed by atoms with Gasteiger partial charge in [-0.2, -0.15) is 0 Å². The zero-order chi connectivity index (χ0) is 14.5. The number of rotatable bonds is 4. The first kappa shape index (κ1) is 14.0. The van der Waals surface area contributed by atoms with Crippen LogP contribution in [-0.2, 0) is 11.2 Å². The molecule has 2 aromatic carbocycles. The van der Waals surface area contributed by atoms with Crippen LogP contribution in [0.1, 0.15) is 12.0 Å². The maximum absolute atomic E-state index is 13.0. The van der Waals surface area contributed by atoms with Crippen molar-refractivity contribution >= 4 is 17.3 Å². The summed E-state index contributed by atoms with van der Waals surface area (Å²) >= 11 is 0. The maximum atomic E-state index is 13.0. The first-order valence-electron chi connectivity index (χ1n) is 6.14. The van der Waals surface area contributed by atoms with Gasteiger partial charge in [0.15, 0.2) is 11.6 Å². The number of amides is 1. The molecule has 104 valence electrons. The summed E-state index contributed by atoms with van der Waals surface area (Å²) in [6.07, 6.45) is 0.804. The smallest absolute Gasteiger partial charge is 0.224 e. The molecule has 0 saturated carbocycles. The Hall–Kier alpha value is -2.43. The largest absolute Gasteiger partial charge is 0.399 e. The molecule has 0 radical (unpaired) electrons. The molecular weight excluding hydrogens is 262 g/mol. The van der Waals surface area contributed by atoms with Gasteiger partial charge in [0.25, 0.3) is 0 Å². The third-order valence-corrected chi connectivity index (χ3v) is 2.82. The molecular formula is C15H14F2N2O. The first-order chi connectivity index (χ1) is 9.54. The molecule has 0 atom stereocenters. The van der Waals surface area contributed by atoms with Crippen LogP contribution in [0, 0.1) is 11.6 Å². The lowest BCUT2D eigenvalue weighted by molar-refractivity contribution is -0.116. The Morgan fingerprint density at radius 1 is 1.05 bits per heavy atom. The Bertz CT molecular complexity index is 612. The molecule has 0 aliphatic carbocycles. The van der Waals surface area contributed by atoms with Crippen LogP contribution in [0.4, 0.5) is 20.2 Å². The number of benzene rings is 2. The third-order valence-electron chi connectivity index (χ3n) is 2.82. The molecule has 0 unspecified atom stereocenters. The molecule has 0 saturated heterocycles. The van der Waals surface area contributed by atoms with Crippen LogP contribution in [0.2, 0.25) is 0 Å². The van der Waals surface area contributed by atoms with E-state index in [0.29, 0.717) is 12.1 Å². The van der Waals surface area contributed by atoms with Crippen molar-refractivity contribution in [1.29, 1.82) is 0 Å². The van der Waals surface area contributed by atoms with E-state index in [2.05, 4.69) is 5.32 Å². The number of nitrogens with one attached hydrogen (secondary N) is 1. The SMILES string of the molecule is Nc1ccc(CCC(=O)Nc2ccc(F)c(F)c2)cc1. The molecule has 2 rings (SSSR count). The lowest BCUT2D eigenvalue weighted by atomic mass is 10.1. The highest BCUT2D eigenvalue weighted by Crippen LogP contribution is 2.14. The van der Waals surface area contributed by atoms with Crippen LogP contribution in [0.3, 0.4) is 0 Å². The normalized spacial score (nSPS) is 10.3. The minimum absolute atomic E-state index is 0.242. The van der Waals surface area contributed by atoms with Gasteiger partial charge in [0.05, 0.1) is 0 Å². The Labute approximate surface area is 115 Å². The summed E-state index contributed by atoms with van der Waals surface area (Å²) in [5.74, 6) is -2.18. The fourth-order valence-electron chi connectivity index (χ4n) is 1.74. The molecule has 2 aromatic rings. The van der Waals surface area contributed by atoms with Crippen molar-refractivity contribution in [3.8, 4) is 0 Å². The molecule has 0 aromatic heterocycles. The van der Waals surface area contributed by atoms with Crippen LogP contribution in [0.15, 0.2) is 42.5 Å². The third kappa shape index (κ3) is 3.78. The van der Waals surface area contributed by atoms with Gasteiger partial charge in [0.1, 0.15) is 0 Å². The summed E-state index contributed by atoms with van der Waals surface area (Å²) in [4.78, 5) is 11.7. The van der Waals surface area contributed by atoms with Crippen LogP contribution < -0.4 is 11.1 Å². The van der Waals surface area contributed by atoms with Crippen molar-refractivity contribution in [2.75, 3.05) is 11.1 Å². The first-order valence-corrected chi connectivity index (χ1v) is 6.14. The van der Waals surface area contributed by atoms with E-state index >= 15 is 0 Å². The van der Waals surface area contributed by atoms with Gasteiger partial charge in [-0.3, -0.25) is 4.79 Å². The molecule has 0 aliphatic rings. The number of halogens is 2. The Morgan fingerprint density at radius 3 is 2.40 bits per heavy atom. The minimum atomic E-state index is -0.985. The fraction of sp³-hybridized carbons (Fsp3) is 0.133. The summed E-state index contributed by atoms with van der Waals surface area (Å²) in [5, 5.41) is 2.52. The lowest BCUT2D eigenvalue weighted by Crippen LogP contribution is -2.12. The number of carbonyl (C=O) groups is 1. The summed E-state index contributed by atoms with van der Waals surface area (Å²) in [6, 6.07) is 10.5. The minimum Gasteiger partial charge on any atom is -0.399 e. The van der Waals surface area contributed by atoms with Crippen LogP contribution in [-0.4, -0.2) is 5.91 Å². The van der Waals surface area contributed by atoms with Gasteiger partial charge in [0.2, 0.25) is 5.91 Å². The van der Waals surface area contributed by atoms with Gasteiger partial charge in [-0.05, 0) is 36.2 Å². The van der Waals surface area contributed by atoms with Gasteiger partial charge in [0, 0.05) is 23.9 Å². The van der Waals surface area contributed by atoms with Crippen molar-refractivity contribution in [2.45, 2.75) is 12.8 Å². The molecule has 0 fully saturated rings. The van der Waals surface area contributed by atoms with E-state index in [4.69, 9.17) is 5.73 Å². The Morgan fingerprint density at radius 2 is 1.75 bits per heavy atom. The highest BCUT2D eigenvalue weighted by Gasteiger charge is 2.06. The van der Waals surface area contributed by atoms with Crippen LogP contribution >= 0.6 is 0 Å². The van der Waals surface area contributed by atoms with Crippen molar-refractivity contribution < 1.29 is 13.6 Å². The van der Waals surface area contributed by atoms with Gasteiger partial charge < -0.3 is 11.1 Å². The lowest BCUT2D eigenvalue weighted by Gasteiger charge is -2.06. The van der Waals surface area contributed by atoms with E-state index in [1.165, 1.54) is 6.07 Å². The number of nitrogens with two attached hydrogens (primary N) is 1. The predicted molar refractivity (Wildman–Crippen MR) is 74.2 cm³/mol. The number of hydrogen-bond donors (Lipinski definition) is 2. The van der Waals surface area contributed by atoms with Crippen LogP contribution in [0.5, 0.6) is 0 Å². The monoisotopic (exact) mass is 276 g/mol. The summed E-state index contributed by atoms with van der Waals surface area (Å²) in [7, 11) is 0. The van der Waals surface area contributed by atoms with Gasteiger partial charge in [-0.1, -0.05) is 12.1 Å². The van der Waals surface area contributed by atoms with E-state index in [9.17, 15) is 13.6 Å². The van der Waals surface area contributed by atoms with E-state index in [1.54, 1.807) is 12.1 Å². The van der Waals surface area contributed by atoms with Crippen molar-refractivity contribution in [3.63, 3.8) is 0 Å². The molecule has 0 heterocycles. The average Bonchev–Trinajstić information content (AvgIpc) is 2.42. The zero-order valence-corrected chi connectivity index (χ0v) is 10.7. The summed E-state index contributed by atoms with van der Waals surface area (Å²) < 4.78 is 25.7. The highest BCUT2D eigenvalue weighted by molar-refractivity contribution is 5.90. The number of nitrogen functional groups attached to an aromatic ring is 1. The molecule has 3 nitrogen and oxygen atoms in total. The topological polar surface area (TPSA) is 55.1 Å². The van der Waals surface area contributed by atoms with E-state index in [1.807, 2.05) is 12.1 Å². The van der Waals surface area contributed by atoms with Gasteiger partial charge in [-0.15, -0.1) is 0 Å². The molecule has 5 heteroatoms. The summed E-state index contributed by atoms with van der Waals surface area (Å²) in [5.41, 5.74) is 7.46. The zero-order valence-electron chi connectivity index (χ0n) is 10.7. The average molecular weight is 276 g/mol. The number of aryl methyl sites for hydroxylation is 1. The number of carbonyl (C=O) groups excluding carboxylic acids is 1. The maximum Gasteiger partial charge on any atom is 0.224 e. The molecule has 1 amide bonds. The second-order valence-corrected chi connectivity index (χ2v) is 4.42. The molecule has 0 spiro atoms. The quantitative estimate of drug-likeness (QED) is 0.843. The fourth-order valence-corrected chi connectivity index (χ4v) is 1.74. The van der Waals surface area contributed by atoms with Gasteiger partial charge in [-0.25, -0.2) is 8.78 Å². The molecule has 3 N–H and O–H groups in total. The Kier molecular flexibility index (Phi) is 4.30. The van der Waals surface area contributed by atoms with Gasteiger partial charge >= 0.3 is 0 Å². The predicted octanol–water partition coefficient (Wildman–Crippen LogP) is 3.12. The van der Waals surface area contributed by atoms with E-state index in [-0.39, 0.29) is 18.0 Å². The highest BCUT2D eigenvalue weighted by atomic mass is 19.2. The number of hydrogen-bond acceptors (Lipinski definition) is 2. The van der Waals surface area contributed by atoms with Crippen molar-refractivity contribution in [2.24, 2.45) is 0 Å². The summed E-state index contributed by atoms with van der Waals surface area (Å²) in [6.45, 7) is 0. The molecule has 20 heavy (non-hydrogen) atoms. The molecule has 0 bridgehead atoms. The Balaban J connectivity index is 1.89. The number of anilines is 2. The second kappa shape index (κ2) is 6.14. The van der Waals surface area contributed by atoms with Crippen molar-refractivity contribution in [1.82, 2.24) is 0 Å². The second-order valence-electron chi connectivity index (χ2n) is 4.42. The van der Waals surface area contributed by atoms with E-state index < -0.39 is 11.6 Å². The van der Waals surface area contributed by atoms with Crippen LogP contribution in [0.25, 0.3) is 0 Å². The standard InChI is InChI=1S/C15H14F2N2O/c16-13-7-6-12(9-14(13)17)19-15(20)8-3-10-1-4-11(18)5-2-10/h1-2,4-7,9H,3,8,18H2,(H,19,20). The van der Waals surface area contributed by atoms with E-state index in [0.717, 1.165) is 17.7 Å². The molecule has 0 aliphatic heterocycles. The van der Waals surface area contributed by atoms with Crippen molar-refractivity contribution in [3.05, 3.63) is 59.7 Å².